The van der Waals surface area contributed by atoms with Crippen molar-refractivity contribution in [1.82, 2.24) is 4.72 Å². The van der Waals surface area contributed by atoms with Crippen molar-refractivity contribution in [2.75, 3.05) is 20.8 Å². The van der Waals surface area contributed by atoms with Crippen LogP contribution in [0.3, 0.4) is 0 Å². The van der Waals surface area contributed by atoms with E-state index < -0.39 is 15.6 Å². The predicted octanol–water partition coefficient (Wildman–Crippen LogP) is 0.719. The second kappa shape index (κ2) is 5.77. The molecule has 1 rings (SSSR count). The molecule has 0 amide bonds. The van der Waals surface area contributed by atoms with Crippen molar-refractivity contribution < 1.29 is 17.9 Å². The number of methoxy groups -OCH3 is 2. The Hall–Kier alpha value is -1.31. The minimum absolute atomic E-state index is 0.0265. The molecule has 0 saturated carbocycles. The smallest absolute Gasteiger partial charge is 0.244 e. The van der Waals surface area contributed by atoms with Gasteiger partial charge in [-0.15, -0.1) is 0 Å². The van der Waals surface area contributed by atoms with Gasteiger partial charge in [0.15, 0.2) is 0 Å². The van der Waals surface area contributed by atoms with Crippen LogP contribution < -0.4 is 19.9 Å². The van der Waals surface area contributed by atoms with Crippen LogP contribution in [-0.2, 0) is 10.0 Å². The Kier molecular flexibility index (Phi) is 4.78. The van der Waals surface area contributed by atoms with Gasteiger partial charge in [-0.05, 0) is 26.0 Å². The maximum absolute atomic E-state index is 12.2. The maximum Gasteiger partial charge on any atom is 0.244 e. The van der Waals surface area contributed by atoms with E-state index in [0.717, 1.165) is 0 Å². The lowest BCUT2D eigenvalue weighted by atomic mass is 10.1. The third-order valence-corrected chi connectivity index (χ3v) is 3.80. The molecular weight excluding hydrogens is 268 g/mol. The van der Waals surface area contributed by atoms with Gasteiger partial charge in [0.05, 0.1) is 14.2 Å². The maximum atomic E-state index is 12.2. The minimum Gasteiger partial charge on any atom is -0.497 e. The molecule has 0 heterocycles. The zero-order chi connectivity index (χ0) is 14.7. The van der Waals surface area contributed by atoms with Gasteiger partial charge in [-0.1, -0.05) is 0 Å². The first-order chi connectivity index (χ1) is 8.69. The van der Waals surface area contributed by atoms with Crippen molar-refractivity contribution in [3.8, 4) is 11.5 Å². The van der Waals surface area contributed by atoms with Gasteiger partial charge in [-0.2, -0.15) is 0 Å². The fourth-order valence-electron chi connectivity index (χ4n) is 1.35. The molecule has 0 bridgehead atoms. The molecular formula is C12H20N2O4S. The Morgan fingerprint density at radius 1 is 1.26 bits per heavy atom. The van der Waals surface area contributed by atoms with E-state index in [0.29, 0.717) is 5.75 Å². The topological polar surface area (TPSA) is 90.6 Å². The molecule has 0 aliphatic carbocycles. The molecule has 0 aliphatic rings. The van der Waals surface area contributed by atoms with Gasteiger partial charge in [0.1, 0.15) is 16.4 Å². The normalized spacial score (nSPS) is 12.3. The molecule has 0 unspecified atom stereocenters. The highest BCUT2D eigenvalue weighted by molar-refractivity contribution is 7.89. The zero-order valence-electron chi connectivity index (χ0n) is 11.6. The molecule has 0 fully saturated rings. The largest absolute Gasteiger partial charge is 0.497 e. The van der Waals surface area contributed by atoms with Crippen molar-refractivity contribution in [2.24, 2.45) is 5.73 Å². The van der Waals surface area contributed by atoms with E-state index in [9.17, 15) is 8.42 Å². The van der Waals surface area contributed by atoms with Crippen molar-refractivity contribution in [1.29, 1.82) is 0 Å². The van der Waals surface area contributed by atoms with E-state index in [2.05, 4.69) is 4.72 Å². The van der Waals surface area contributed by atoms with E-state index in [1.807, 2.05) is 0 Å². The lowest BCUT2D eigenvalue weighted by Crippen LogP contribution is -2.45. The number of hydrogen-bond donors (Lipinski definition) is 2. The molecule has 0 spiro atoms. The summed E-state index contributed by atoms with van der Waals surface area (Å²) in [5, 5.41) is 0. The lowest BCUT2D eigenvalue weighted by molar-refractivity contribution is 0.391. The highest BCUT2D eigenvalue weighted by Gasteiger charge is 2.23. The van der Waals surface area contributed by atoms with E-state index in [4.69, 9.17) is 15.2 Å². The van der Waals surface area contributed by atoms with E-state index in [-0.39, 0.29) is 17.2 Å². The molecule has 19 heavy (non-hydrogen) atoms. The van der Waals surface area contributed by atoms with Crippen molar-refractivity contribution in [3.05, 3.63) is 18.2 Å². The molecule has 0 atom stereocenters. The summed E-state index contributed by atoms with van der Waals surface area (Å²) >= 11 is 0. The molecule has 0 radical (unpaired) electrons. The van der Waals surface area contributed by atoms with Gasteiger partial charge in [0.2, 0.25) is 10.0 Å². The standard InChI is InChI=1S/C12H20N2O4S/c1-12(2,13)8-14-19(15,16)11-7-9(17-3)5-6-10(11)18-4/h5-7,14H,8,13H2,1-4H3. The Labute approximate surface area is 113 Å². The third-order valence-electron chi connectivity index (χ3n) is 2.38. The van der Waals surface area contributed by atoms with Crippen LogP contribution in [0.4, 0.5) is 0 Å². The summed E-state index contributed by atoms with van der Waals surface area (Å²) in [5.41, 5.74) is 5.12. The van der Waals surface area contributed by atoms with Gasteiger partial charge in [-0.3, -0.25) is 0 Å². The van der Waals surface area contributed by atoms with Crippen LogP contribution >= 0.6 is 0 Å². The molecule has 6 nitrogen and oxygen atoms in total. The van der Waals surface area contributed by atoms with Crippen LogP contribution in [0.5, 0.6) is 11.5 Å². The number of sulfonamides is 1. The zero-order valence-corrected chi connectivity index (χ0v) is 12.4. The van der Waals surface area contributed by atoms with Crippen LogP contribution in [0.1, 0.15) is 13.8 Å². The summed E-state index contributed by atoms with van der Waals surface area (Å²) in [4.78, 5) is 0.0265. The van der Waals surface area contributed by atoms with E-state index in [1.165, 1.54) is 20.3 Å². The highest BCUT2D eigenvalue weighted by Crippen LogP contribution is 2.27. The number of nitrogens with two attached hydrogens (primary N) is 1. The quantitative estimate of drug-likeness (QED) is 0.805. The van der Waals surface area contributed by atoms with Crippen LogP contribution in [0.15, 0.2) is 23.1 Å². The fraction of sp³-hybridized carbons (Fsp3) is 0.500. The second-order valence-electron chi connectivity index (χ2n) is 4.83. The van der Waals surface area contributed by atoms with Crippen LogP contribution in [0.2, 0.25) is 0 Å². The Morgan fingerprint density at radius 2 is 1.89 bits per heavy atom. The Morgan fingerprint density at radius 3 is 2.37 bits per heavy atom. The predicted molar refractivity (Wildman–Crippen MR) is 73.0 cm³/mol. The Balaban J connectivity index is 3.12. The van der Waals surface area contributed by atoms with Crippen molar-refractivity contribution in [3.63, 3.8) is 0 Å². The molecule has 0 aliphatic heterocycles. The molecule has 108 valence electrons. The molecule has 3 N–H and O–H groups in total. The van der Waals surface area contributed by atoms with Gasteiger partial charge in [0, 0.05) is 18.2 Å². The number of benzene rings is 1. The summed E-state index contributed by atoms with van der Waals surface area (Å²) < 4.78 is 37.0. The van der Waals surface area contributed by atoms with Gasteiger partial charge >= 0.3 is 0 Å². The van der Waals surface area contributed by atoms with Gasteiger partial charge < -0.3 is 15.2 Å². The fourth-order valence-corrected chi connectivity index (χ4v) is 2.76. The average Bonchev–Trinajstić information content (AvgIpc) is 2.35. The second-order valence-corrected chi connectivity index (χ2v) is 6.57. The summed E-state index contributed by atoms with van der Waals surface area (Å²) in [5.74, 6) is 0.691. The molecule has 7 heteroatoms. The number of hydrogen-bond acceptors (Lipinski definition) is 5. The number of rotatable bonds is 6. The van der Waals surface area contributed by atoms with Crippen LogP contribution in [-0.4, -0.2) is 34.7 Å². The first-order valence-electron chi connectivity index (χ1n) is 5.70. The van der Waals surface area contributed by atoms with Gasteiger partial charge in [0.25, 0.3) is 0 Å². The Bertz CT molecular complexity index is 535. The lowest BCUT2D eigenvalue weighted by Gasteiger charge is -2.19. The van der Waals surface area contributed by atoms with Crippen LogP contribution in [0, 0.1) is 0 Å². The SMILES string of the molecule is COc1ccc(OC)c(S(=O)(=O)NCC(C)(C)N)c1. The highest BCUT2D eigenvalue weighted by atomic mass is 32.2. The van der Waals surface area contributed by atoms with E-state index >= 15 is 0 Å². The van der Waals surface area contributed by atoms with Crippen molar-refractivity contribution in [2.45, 2.75) is 24.3 Å². The average molecular weight is 288 g/mol. The number of ether oxygens (including phenoxy) is 2. The summed E-state index contributed by atoms with van der Waals surface area (Å²) in [6, 6.07) is 4.58. The summed E-state index contributed by atoms with van der Waals surface area (Å²) in [6.45, 7) is 3.59. The monoisotopic (exact) mass is 288 g/mol. The number of nitrogens with one attached hydrogen (secondary N) is 1. The first kappa shape index (κ1) is 15.7. The van der Waals surface area contributed by atoms with Gasteiger partial charge in [-0.25, -0.2) is 13.1 Å². The third kappa shape index (κ3) is 4.38. The first-order valence-corrected chi connectivity index (χ1v) is 7.18. The summed E-state index contributed by atoms with van der Waals surface area (Å²) in [6.07, 6.45) is 0. The van der Waals surface area contributed by atoms with Crippen LogP contribution in [0.25, 0.3) is 0 Å². The molecule has 1 aromatic carbocycles. The van der Waals surface area contributed by atoms with Crippen molar-refractivity contribution >= 4 is 10.0 Å². The van der Waals surface area contributed by atoms with E-state index in [1.54, 1.807) is 26.0 Å². The molecule has 0 aromatic heterocycles. The molecule has 1 aromatic rings. The minimum atomic E-state index is -3.70. The molecule has 0 saturated heterocycles. The summed E-state index contributed by atoms with van der Waals surface area (Å²) in [7, 11) is -0.827.